The Morgan fingerprint density at radius 1 is 0.949 bits per heavy atom. The fraction of sp³-hybridized carbons (Fsp3) is 0.250. The van der Waals surface area contributed by atoms with Crippen LogP contribution in [0.1, 0.15) is 43.2 Å². The second-order valence-corrected chi connectivity index (χ2v) is 9.35. The second-order valence-electron chi connectivity index (χ2n) is 9.35. The number of benzene rings is 2. The summed E-state index contributed by atoms with van der Waals surface area (Å²) < 4.78 is 17.8. The number of imide groups is 1. The van der Waals surface area contributed by atoms with Crippen LogP contribution in [0.15, 0.2) is 42.6 Å². The van der Waals surface area contributed by atoms with Crippen LogP contribution >= 0.6 is 0 Å². The monoisotopic (exact) mass is 527 g/mol. The van der Waals surface area contributed by atoms with Gasteiger partial charge in [0.15, 0.2) is 0 Å². The van der Waals surface area contributed by atoms with Crippen LogP contribution in [0.2, 0.25) is 0 Å². The van der Waals surface area contributed by atoms with E-state index in [4.69, 9.17) is 19.8 Å². The number of amides is 2. The van der Waals surface area contributed by atoms with E-state index in [1.807, 2.05) is 12.1 Å². The number of hydrogen-bond acceptors (Lipinski definition) is 8. The molecule has 0 saturated carbocycles. The highest BCUT2D eigenvalue weighted by Crippen LogP contribution is 2.31. The van der Waals surface area contributed by atoms with Crippen LogP contribution in [0.5, 0.6) is 5.75 Å². The van der Waals surface area contributed by atoms with Crippen molar-refractivity contribution in [2.45, 2.75) is 25.7 Å². The van der Waals surface area contributed by atoms with Crippen molar-refractivity contribution < 1.29 is 28.6 Å². The minimum Gasteiger partial charge on any atom is -0.491 e. The van der Waals surface area contributed by atoms with Crippen molar-refractivity contribution in [2.24, 2.45) is 0 Å². The lowest BCUT2D eigenvalue weighted by atomic mass is 9.91. The van der Waals surface area contributed by atoms with Crippen LogP contribution < -0.4 is 4.74 Å². The number of carboxylic acid groups (broad SMARTS) is 1. The van der Waals surface area contributed by atoms with E-state index >= 15 is 0 Å². The molecule has 6 rings (SSSR count). The van der Waals surface area contributed by atoms with E-state index < -0.39 is 31.0 Å². The van der Waals surface area contributed by atoms with Crippen LogP contribution in [0, 0.1) is 0 Å². The maximum Gasteiger partial charge on any atom is 0.323 e. The Kier molecular flexibility index (Phi) is 6.18. The summed E-state index contributed by atoms with van der Waals surface area (Å²) in [5, 5.41) is 17.7. The summed E-state index contributed by atoms with van der Waals surface area (Å²) in [5.74, 6) is -1.98. The molecule has 0 bridgehead atoms. The molecule has 10 nitrogen and oxygen atoms in total. The minimum atomic E-state index is -1.27. The van der Waals surface area contributed by atoms with Crippen LogP contribution in [0.3, 0.4) is 0 Å². The summed E-state index contributed by atoms with van der Waals surface area (Å²) in [6.07, 6.45) is 4.25. The van der Waals surface area contributed by atoms with Gasteiger partial charge in [-0.25, -0.2) is 14.4 Å². The average Bonchev–Trinajstić information content (AvgIpc) is 3.15. The van der Waals surface area contributed by atoms with E-state index in [0.717, 1.165) is 38.7 Å². The van der Waals surface area contributed by atoms with Crippen molar-refractivity contribution in [3.8, 4) is 17.0 Å². The molecule has 2 amide bonds. The van der Waals surface area contributed by atoms with Crippen LogP contribution in [-0.2, 0) is 30.5 Å². The zero-order valence-electron chi connectivity index (χ0n) is 20.7. The maximum atomic E-state index is 12.7. The molecule has 0 fully saturated rings. The summed E-state index contributed by atoms with van der Waals surface area (Å²) in [5.41, 5.74) is 6.60. The molecule has 4 aromatic rings. The smallest absolute Gasteiger partial charge is 0.323 e. The topological polar surface area (TPSA) is 135 Å². The third-order valence-electron chi connectivity index (χ3n) is 6.96. The third kappa shape index (κ3) is 4.45. The first-order chi connectivity index (χ1) is 18.9. The van der Waals surface area contributed by atoms with Gasteiger partial charge >= 0.3 is 5.97 Å². The first-order valence-electron chi connectivity index (χ1n) is 12.5. The van der Waals surface area contributed by atoms with E-state index in [9.17, 15) is 18.8 Å². The van der Waals surface area contributed by atoms with Gasteiger partial charge in [-0.05, 0) is 73.2 Å². The number of rotatable bonds is 6. The Labute approximate surface area is 221 Å². The molecule has 0 unspecified atom stereocenters. The van der Waals surface area contributed by atoms with Crippen molar-refractivity contribution in [1.82, 2.24) is 25.1 Å². The Balaban J connectivity index is 1.32. The number of carbonyl (C=O) groups excluding carboxylic acids is 2. The Morgan fingerprint density at radius 3 is 2.21 bits per heavy atom. The highest BCUT2D eigenvalue weighted by Gasteiger charge is 2.37. The number of hydrogen-bond donors (Lipinski definition) is 1. The summed E-state index contributed by atoms with van der Waals surface area (Å²) in [7, 11) is 0. The van der Waals surface area contributed by atoms with Gasteiger partial charge in [-0.15, -0.1) is 0 Å². The van der Waals surface area contributed by atoms with E-state index in [-0.39, 0.29) is 17.7 Å². The van der Waals surface area contributed by atoms with Crippen molar-refractivity contribution >= 4 is 28.8 Å². The van der Waals surface area contributed by atoms with Gasteiger partial charge in [-0.1, -0.05) is 0 Å². The zero-order valence-corrected chi connectivity index (χ0v) is 20.7. The van der Waals surface area contributed by atoms with Gasteiger partial charge < -0.3 is 9.84 Å². The Hall–Kier alpha value is -4.80. The molecule has 0 atom stereocenters. The minimum absolute atomic E-state index is 0.00286. The largest absolute Gasteiger partial charge is 0.491 e. The molecule has 3 heterocycles. The summed E-state index contributed by atoms with van der Waals surface area (Å²) in [4.78, 5) is 46.9. The summed E-state index contributed by atoms with van der Waals surface area (Å²) in [6, 6.07) is 10.4. The average molecular weight is 528 g/mol. The number of aliphatic carboxylic acids is 1. The fourth-order valence-corrected chi connectivity index (χ4v) is 5.13. The summed E-state index contributed by atoms with van der Waals surface area (Å²) >= 11 is 0. The normalized spacial score (nSPS) is 14.4. The quantitative estimate of drug-likeness (QED) is 0.375. The lowest BCUT2D eigenvalue weighted by molar-refractivity contribution is -0.137. The number of aromatic nitrogens is 4. The van der Waals surface area contributed by atoms with Gasteiger partial charge in [0.05, 0.1) is 45.4 Å². The third-order valence-corrected chi connectivity index (χ3v) is 6.96. The maximum absolute atomic E-state index is 12.7. The molecule has 11 heteroatoms. The number of carbonyl (C=O) groups is 3. The first-order valence-corrected chi connectivity index (χ1v) is 12.5. The van der Waals surface area contributed by atoms with Gasteiger partial charge in [0.1, 0.15) is 25.6 Å². The molecule has 0 spiro atoms. The van der Waals surface area contributed by atoms with Crippen molar-refractivity contribution in [3.63, 3.8) is 0 Å². The van der Waals surface area contributed by atoms with E-state index in [0.29, 0.717) is 42.5 Å². The van der Waals surface area contributed by atoms with Crippen molar-refractivity contribution in [3.05, 3.63) is 76.2 Å². The van der Waals surface area contributed by atoms with Crippen molar-refractivity contribution in [1.29, 1.82) is 0 Å². The Bertz CT molecular complexity index is 1660. The number of fused-ring (bicyclic) bond motifs is 4. The van der Waals surface area contributed by atoms with Crippen molar-refractivity contribution in [2.75, 3.05) is 19.8 Å². The highest BCUT2D eigenvalue weighted by atomic mass is 19.1. The molecule has 0 saturated heterocycles. The number of halogens is 1. The number of carboxylic acids is 1. The lowest BCUT2D eigenvalue weighted by Gasteiger charge is -2.18. The molecule has 0 radical (unpaired) electrons. The molecule has 2 aromatic heterocycles. The van der Waals surface area contributed by atoms with E-state index in [2.05, 4.69) is 10.2 Å². The SMILES string of the molecule is O=C(O)CN1C(=O)c2cc3nc4c(nc3cc2C1=O)CCc1c(cnnc1-c1ccc(OCCF)cc1)CC4. The number of alkyl halides is 1. The number of nitrogens with zero attached hydrogens (tertiary/aromatic N) is 5. The molecule has 1 aliphatic carbocycles. The van der Waals surface area contributed by atoms with Crippen LogP contribution in [0.25, 0.3) is 22.3 Å². The first kappa shape index (κ1) is 24.5. The molecule has 196 valence electrons. The van der Waals surface area contributed by atoms with Gasteiger partial charge in [-0.3, -0.25) is 19.3 Å². The highest BCUT2D eigenvalue weighted by molar-refractivity contribution is 6.23. The molecule has 1 N–H and O–H groups in total. The Morgan fingerprint density at radius 2 is 1.59 bits per heavy atom. The number of ether oxygens (including phenoxy) is 1. The molecular weight excluding hydrogens is 505 g/mol. The zero-order chi connectivity index (χ0) is 27.1. The molecule has 2 aromatic carbocycles. The van der Waals surface area contributed by atoms with E-state index in [1.54, 1.807) is 18.3 Å². The molecule has 39 heavy (non-hydrogen) atoms. The predicted molar refractivity (Wildman–Crippen MR) is 136 cm³/mol. The van der Waals surface area contributed by atoms with Gasteiger partial charge in [0.25, 0.3) is 11.8 Å². The summed E-state index contributed by atoms with van der Waals surface area (Å²) in [6.45, 7) is -1.25. The standard InChI is InChI=1S/C28H22FN5O5/c29-9-10-39-17-4-1-15(2-5-17)26-18-6-8-22-21(7-3-16(18)13-30-33-26)31-23-11-19-20(12-24(23)32-22)28(38)34(27(19)37)14-25(35)36/h1-2,4-5,11-13H,3,6-10,14H2,(H,35,36). The van der Waals surface area contributed by atoms with E-state index in [1.165, 1.54) is 12.1 Å². The van der Waals surface area contributed by atoms with Gasteiger partial charge in [0.2, 0.25) is 0 Å². The predicted octanol–water partition coefficient (Wildman–Crippen LogP) is 3.00. The number of aryl methyl sites for hydroxylation is 3. The van der Waals surface area contributed by atoms with Crippen LogP contribution in [-0.4, -0.2) is 67.8 Å². The second kappa shape index (κ2) is 9.82. The fourth-order valence-electron chi connectivity index (χ4n) is 5.13. The van der Waals surface area contributed by atoms with Crippen LogP contribution in [0.4, 0.5) is 4.39 Å². The lowest BCUT2D eigenvalue weighted by Crippen LogP contribution is -2.34. The molecular formula is C28H22FN5O5. The molecule has 1 aliphatic heterocycles. The molecule has 2 aliphatic rings. The van der Waals surface area contributed by atoms with Gasteiger partial charge in [-0.2, -0.15) is 10.2 Å². The van der Waals surface area contributed by atoms with Gasteiger partial charge in [0, 0.05) is 5.56 Å².